The van der Waals surface area contributed by atoms with Crippen molar-refractivity contribution in [2.24, 2.45) is 0 Å². The molecule has 1 amide bonds. The minimum absolute atomic E-state index is 0.0190. The van der Waals surface area contributed by atoms with E-state index in [0.29, 0.717) is 5.58 Å². The van der Waals surface area contributed by atoms with Crippen molar-refractivity contribution in [3.63, 3.8) is 0 Å². The number of nitrogens with one attached hydrogen (secondary N) is 1. The van der Waals surface area contributed by atoms with Gasteiger partial charge in [0.2, 0.25) is 5.91 Å². The molecule has 0 aliphatic carbocycles. The smallest absolute Gasteiger partial charge is 0.343 e. The zero-order valence-electron chi connectivity index (χ0n) is 12.9. The van der Waals surface area contributed by atoms with Crippen molar-refractivity contribution in [1.82, 2.24) is 0 Å². The number of carbonyl (C=O) groups excluding carboxylic acids is 1. The Hall–Kier alpha value is -3.67. The van der Waals surface area contributed by atoms with Gasteiger partial charge in [0.1, 0.15) is 5.58 Å². The second kappa shape index (κ2) is 6.84. The zero-order chi connectivity index (χ0) is 17.8. The summed E-state index contributed by atoms with van der Waals surface area (Å²) in [7, 11) is 0. The molecule has 6 nitrogen and oxygen atoms in total. The summed E-state index contributed by atoms with van der Waals surface area (Å²) in [6, 6.07) is 14.7. The molecule has 3 aromatic rings. The quantitative estimate of drug-likeness (QED) is 0.564. The van der Waals surface area contributed by atoms with Crippen molar-refractivity contribution in [2.75, 3.05) is 5.32 Å². The van der Waals surface area contributed by atoms with Gasteiger partial charge in [-0.25, -0.2) is 9.59 Å². The van der Waals surface area contributed by atoms with Crippen LogP contribution in [0.5, 0.6) is 0 Å². The summed E-state index contributed by atoms with van der Waals surface area (Å²) in [4.78, 5) is 35.1. The molecule has 0 saturated carbocycles. The molecular weight excluding hydrogens is 322 g/mol. The van der Waals surface area contributed by atoms with E-state index in [9.17, 15) is 14.4 Å². The van der Waals surface area contributed by atoms with E-state index in [0.717, 1.165) is 11.5 Å². The molecule has 0 radical (unpaired) electrons. The first-order valence-corrected chi connectivity index (χ1v) is 7.39. The van der Waals surface area contributed by atoms with Crippen molar-refractivity contribution in [1.29, 1.82) is 0 Å². The topological polar surface area (TPSA) is 96.6 Å². The fraction of sp³-hybridized carbons (Fsp3) is 0. The number of para-hydroxylation sites is 2. The third-order valence-electron chi connectivity index (χ3n) is 3.50. The van der Waals surface area contributed by atoms with E-state index in [4.69, 9.17) is 9.52 Å². The first-order chi connectivity index (χ1) is 12.0. The predicted molar refractivity (Wildman–Crippen MR) is 93.5 cm³/mol. The number of carboxylic acid groups (broad SMARTS) is 1. The molecule has 1 heterocycles. The van der Waals surface area contributed by atoms with Crippen LogP contribution in [0.1, 0.15) is 15.9 Å². The maximum atomic E-state index is 12.0. The predicted octanol–water partition coefficient (Wildman–Crippen LogP) is 3.14. The second-order valence-corrected chi connectivity index (χ2v) is 5.20. The zero-order valence-corrected chi connectivity index (χ0v) is 12.9. The van der Waals surface area contributed by atoms with Gasteiger partial charge in [-0.3, -0.25) is 4.79 Å². The van der Waals surface area contributed by atoms with Crippen LogP contribution in [0.15, 0.2) is 69.9 Å². The highest BCUT2D eigenvalue weighted by atomic mass is 16.4. The van der Waals surface area contributed by atoms with E-state index in [-0.39, 0.29) is 16.8 Å². The van der Waals surface area contributed by atoms with Crippen molar-refractivity contribution >= 4 is 34.6 Å². The van der Waals surface area contributed by atoms with Crippen LogP contribution in [0.3, 0.4) is 0 Å². The maximum Gasteiger partial charge on any atom is 0.343 e. The molecule has 1 aromatic heterocycles. The van der Waals surface area contributed by atoms with Gasteiger partial charge in [-0.05, 0) is 30.3 Å². The molecule has 0 aliphatic heterocycles. The number of rotatable bonds is 4. The van der Waals surface area contributed by atoms with Gasteiger partial charge in [0.15, 0.2) is 0 Å². The van der Waals surface area contributed by atoms with E-state index in [1.807, 2.05) is 6.07 Å². The Balaban J connectivity index is 1.83. The average Bonchev–Trinajstić information content (AvgIpc) is 2.60. The Bertz CT molecular complexity index is 1050. The second-order valence-electron chi connectivity index (χ2n) is 5.20. The lowest BCUT2D eigenvalue weighted by Gasteiger charge is -2.05. The summed E-state index contributed by atoms with van der Waals surface area (Å²) < 4.78 is 5.18. The fourth-order valence-electron chi connectivity index (χ4n) is 2.31. The van der Waals surface area contributed by atoms with E-state index in [1.165, 1.54) is 18.2 Å². The molecule has 0 aliphatic rings. The number of hydrogen-bond donors (Lipinski definition) is 2. The van der Waals surface area contributed by atoms with Crippen molar-refractivity contribution in [3.8, 4) is 0 Å². The molecule has 0 unspecified atom stereocenters. The van der Waals surface area contributed by atoms with Crippen LogP contribution in [0.4, 0.5) is 5.69 Å². The van der Waals surface area contributed by atoms with Gasteiger partial charge in [-0.1, -0.05) is 30.3 Å². The molecule has 124 valence electrons. The Morgan fingerprint density at radius 2 is 1.76 bits per heavy atom. The van der Waals surface area contributed by atoms with Crippen molar-refractivity contribution in [2.45, 2.75) is 0 Å². The van der Waals surface area contributed by atoms with Gasteiger partial charge in [0.05, 0.1) is 16.8 Å². The molecule has 0 saturated heterocycles. The minimum atomic E-state index is -1.14. The van der Waals surface area contributed by atoms with Gasteiger partial charge in [0, 0.05) is 11.5 Å². The third-order valence-corrected chi connectivity index (χ3v) is 3.50. The molecule has 0 spiro atoms. The number of anilines is 1. The minimum Gasteiger partial charge on any atom is -0.478 e. The SMILES string of the molecule is O=C(C=Cc1cc2ccccc2oc1=O)Nc1ccccc1C(=O)O. The molecule has 0 fully saturated rings. The standard InChI is InChI=1S/C19H13NO5/c21-17(20-15-7-3-2-6-14(15)18(22)23)10-9-13-11-12-5-1-4-8-16(12)25-19(13)24/h1-11H,(H,20,21)(H,22,23). The highest BCUT2D eigenvalue weighted by Gasteiger charge is 2.10. The molecule has 25 heavy (non-hydrogen) atoms. The summed E-state index contributed by atoms with van der Waals surface area (Å²) in [5.41, 5.74) is 0.281. The summed E-state index contributed by atoms with van der Waals surface area (Å²) >= 11 is 0. The van der Waals surface area contributed by atoms with Gasteiger partial charge >= 0.3 is 11.6 Å². The summed E-state index contributed by atoms with van der Waals surface area (Å²) in [5.74, 6) is -1.70. The van der Waals surface area contributed by atoms with E-state index < -0.39 is 17.5 Å². The van der Waals surface area contributed by atoms with Gasteiger partial charge in [0.25, 0.3) is 0 Å². The van der Waals surface area contributed by atoms with Crippen LogP contribution in [-0.2, 0) is 4.79 Å². The number of carboxylic acids is 1. The van der Waals surface area contributed by atoms with Crippen LogP contribution in [0, 0.1) is 0 Å². The lowest BCUT2D eigenvalue weighted by Crippen LogP contribution is -2.12. The monoisotopic (exact) mass is 335 g/mol. The maximum absolute atomic E-state index is 12.0. The number of fused-ring (bicyclic) bond motifs is 1. The molecule has 0 bridgehead atoms. The highest BCUT2D eigenvalue weighted by molar-refractivity contribution is 6.06. The van der Waals surface area contributed by atoms with Crippen LogP contribution in [0.2, 0.25) is 0 Å². The number of benzene rings is 2. The number of aromatic carboxylic acids is 1. The Morgan fingerprint density at radius 3 is 2.56 bits per heavy atom. The van der Waals surface area contributed by atoms with Crippen molar-refractivity contribution in [3.05, 3.63) is 82.2 Å². The largest absolute Gasteiger partial charge is 0.478 e. The average molecular weight is 335 g/mol. The fourth-order valence-corrected chi connectivity index (χ4v) is 2.31. The summed E-state index contributed by atoms with van der Waals surface area (Å²) in [6.07, 6.45) is 2.48. The van der Waals surface area contributed by atoms with Gasteiger partial charge in [-0.15, -0.1) is 0 Å². The first kappa shape index (κ1) is 16.2. The number of hydrogen-bond acceptors (Lipinski definition) is 4. The lowest BCUT2D eigenvalue weighted by atomic mass is 10.1. The number of carbonyl (C=O) groups is 2. The van der Waals surface area contributed by atoms with Crippen LogP contribution in [-0.4, -0.2) is 17.0 Å². The van der Waals surface area contributed by atoms with Gasteiger partial charge < -0.3 is 14.8 Å². The molecular formula is C19H13NO5. The molecule has 6 heteroatoms. The van der Waals surface area contributed by atoms with Crippen LogP contribution in [0.25, 0.3) is 17.0 Å². The Labute approximate surface area is 142 Å². The molecule has 2 aromatic carbocycles. The summed E-state index contributed by atoms with van der Waals surface area (Å²) in [5, 5.41) is 12.3. The number of amides is 1. The molecule has 2 N–H and O–H groups in total. The van der Waals surface area contributed by atoms with Crippen LogP contribution < -0.4 is 10.9 Å². The van der Waals surface area contributed by atoms with E-state index in [1.54, 1.807) is 36.4 Å². The van der Waals surface area contributed by atoms with E-state index in [2.05, 4.69) is 5.32 Å². The lowest BCUT2D eigenvalue weighted by molar-refractivity contribution is -0.111. The van der Waals surface area contributed by atoms with Crippen LogP contribution >= 0.6 is 0 Å². The third kappa shape index (κ3) is 3.64. The Kier molecular flexibility index (Phi) is 4.43. The normalized spacial score (nSPS) is 10.9. The van der Waals surface area contributed by atoms with E-state index >= 15 is 0 Å². The van der Waals surface area contributed by atoms with Gasteiger partial charge in [-0.2, -0.15) is 0 Å². The Morgan fingerprint density at radius 1 is 1.04 bits per heavy atom. The molecule has 3 rings (SSSR count). The molecule has 0 atom stereocenters. The summed E-state index contributed by atoms with van der Waals surface area (Å²) in [6.45, 7) is 0. The first-order valence-electron chi connectivity index (χ1n) is 7.39. The highest BCUT2D eigenvalue weighted by Crippen LogP contribution is 2.16. The van der Waals surface area contributed by atoms with Crippen molar-refractivity contribution < 1.29 is 19.1 Å².